The average Bonchev–Trinajstić information content (AvgIpc) is 2.68. The number of carbonyl (C=O) groups is 2. The van der Waals surface area contributed by atoms with Crippen LogP contribution in [-0.4, -0.2) is 51.0 Å². The summed E-state index contributed by atoms with van der Waals surface area (Å²) in [4.78, 5) is 27.0. The van der Waals surface area contributed by atoms with Crippen molar-refractivity contribution in [2.24, 2.45) is 0 Å². The third-order valence-corrected chi connectivity index (χ3v) is 3.80. The molecule has 0 fully saturated rings. The zero-order valence-corrected chi connectivity index (χ0v) is 15.9. The van der Waals surface area contributed by atoms with Gasteiger partial charge in [0.25, 0.3) is 11.8 Å². The number of carbonyl (C=O) groups excluding carboxylic acids is 2. The Labute approximate surface area is 159 Å². The monoisotopic (exact) mass is 367 g/mol. The highest BCUT2D eigenvalue weighted by Gasteiger charge is 2.14. The first-order valence-corrected chi connectivity index (χ1v) is 8.64. The largest absolute Gasteiger partial charge is 0.497 e. The van der Waals surface area contributed by atoms with E-state index in [2.05, 4.69) is 10.6 Å². The van der Waals surface area contributed by atoms with E-state index in [0.29, 0.717) is 18.7 Å². The lowest BCUT2D eigenvalue weighted by atomic mass is 10.1. The lowest BCUT2D eigenvalue weighted by Gasteiger charge is -2.13. The van der Waals surface area contributed by atoms with Gasteiger partial charge in [0.05, 0.1) is 7.11 Å². The Bertz CT molecular complexity index is 784. The van der Waals surface area contributed by atoms with Crippen LogP contribution in [0, 0.1) is 0 Å². The molecular weight excluding hydrogens is 342 g/mol. The summed E-state index contributed by atoms with van der Waals surface area (Å²) in [7, 11) is 5.45. The van der Waals surface area contributed by atoms with E-state index in [1.807, 2.05) is 37.2 Å². The van der Waals surface area contributed by atoms with Crippen molar-refractivity contribution in [2.45, 2.75) is 0 Å². The highest BCUT2D eigenvalue weighted by atomic mass is 16.5. The van der Waals surface area contributed by atoms with Crippen LogP contribution in [0.25, 0.3) is 6.08 Å². The maximum Gasteiger partial charge on any atom is 0.267 e. The molecular formula is C21H25N3O3. The predicted molar refractivity (Wildman–Crippen MR) is 106 cm³/mol. The molecule has 0 radical (unpaired) electrons. The number of hydrogen-bond acceptors (Lipinski definition) is 4. The second-order valence-corrected chi connectivity index (χ2v) is 6.21. The van der Waals surface area contributed by atoms with E-state index in [1.165, 1.54) is 0 Å². The van der Waals surface area contributed by atoms with Gasteiger partial charge in [0.2, 0.25) is 0 Å². The summed E-state index contributed by atoms with van der Waals surface area (Å²) < 4.78 is 5.15. The van der Waals surface area contributed by atoms with Crippen LogP contribution < -0.4 is 15.4 Å². The number of likely N-dealkylation sites (N-methyl/N-ethyl adjacent to an activating group) is 1. The Kier molecular flexibility index (Phi) is 7.58. The molecule has 6 heteroatoms. The summed E-state index contributed by atoms with van der Waals surface area (Å²) in [6, 6.07) is 16.0. The summed E-state index contributed by atoms with van der Waals surface area (Å²) >= 11 is 0. The van der Waals surface area contributed by atoms with Gasteiger partial charge >= 0.3 is 0 Å². The fourth-order valence-electron chi connectivity index (χ4n) is 2.30. The van der Waals surface area contributed by atoms with Gasteiger partial charge in [-0.3, -0.25) is 9.59 Å². The molecule has 0 unspecified atom stereocenters. The first-order valence-electron chi connectivity index (χ1n) is 8.64. The van der Waals surface area contributed by atoms with Gasteiger partial charge in [0.15, 0.2) is 0 Å². The molecule has 0 saturated heterocycles. The minimum atomic E-state index is -0.336. The van der Waals surface area contributed by atoms with E-state index in [9.17, 15) is 9.59 Å². The van der Waals surface area contributed by atoms with Crippen LogP contribution in [0.4, 0.5) is 0 Å². The smallest absolute Gasteiger partial charge is 0.267 e. The third kappa shape index (κ3) is 6.60. The van der Waals surface area contributed by atoms with Crippen molar-refractivity contribution in [3.05, 3.63) is 71.4 Å². The summed E-state index contributed by atoms with van der Waals surface area (Å²) in [6.45, 7) is 1.18. The molecule has 142 valence electrons. The SMILES string of the molecule is COc1ccc(/C=C(\NC(=O)c2ccccc2)C(=O)NCCN(C)C)cc1. The fraction of sp³-hybridized carbons (Fsp3) is 0.238. The summed E-state index contributed by atoms with van der Waals surface area (Å²) in [5.41, 5.74) is 1.45. The van der Waals surface area contributed by atoms with Crippen LogP contribution in [0.2, 0.25) is 0 Å². The Morgan fingerprint density at radius 2 is 1.70 bits per heavy atom. The van der Waals surface area contributed by atoms with Gasteiger partial charge in [-0.05, 0) is 50.0 Å². The molecule has 0 spiro atoms. The number of benzene rings is 2. The maximum absolute atomic E-state index is 12.6. The van der Waals surface area contributed by atoms with Gasteiger partial charge in [0.1, 0.15) is 11.4 Å². The first-order chi connectivity index (χ1) is 13.0. The molecule has 2 aromatic carbocycles. The molecule has 0 aliphatic carbocycles. The molecule has 0 saturated carbocycles. The molecule has 0 bridgehead atoms. The van der Waals surface area contributed by atoms with E-state index in [-0.39, 0.29) is 17.5 Å². The normalized spacial score (nSPS) is 11.2. The second kappa shape index (κ2) is 10.1. The van der Waals surface area contributed by atoms with Gasteiger partial charge in [-0.1, -0.05) is 30.3 Å². The van der Waals surface area contributed by atoms with Crippen LogP contribution in [0.15, 0.2) is 60.3 Å². The van der Waals surface area contributed by atoms with E-state index < -0.39 is 0 Å². The number of nitrogens with one attached hydrogen (secondary N) is 2. The maximum atomic E-state index is 12.6. The number of ether oxygens (including phenoxy) is 1. The van der Waals surface area contributed by atoms with Crippen molar-refractivity contribution in [3.8, 4) is 5.75 Å². The molecule has 0 aromatic heterocycles. The number of nitrogens with zero attached hydrogens (tertiary/aromatic N) is 1. The molecule has 2 aromatic rings. The van der Waals surface area contributed by atoms with Gasteiger partial charge in [0, 0.05) is 18.7 Å². The van der Waals surface area contributed by atoms with E-state index in [1.54, 1.807) is 49.6 Å². The molecule has 0 heterocycles. The Balaban J connectivity index is 2.19. The van der Waals surface area contributed by atoms with Crippen LogP contribution in [0.5, 0.6) is 5.75 Å². The predicted octanol–water partition coefficient (Wildman–Crippen LogP) is 2.14. The van der Waals surface area contributed by atoms with Gasteiger partial charge in [-0.15, -0.1) is 0 Å². The quantitative estimate of drug-likeness (QED) is 0.702. The minimum absolute atomic E-state index is 0.188. The van der Waals surface area contributed by atoms with E-state index >= 15 is 0 Å². The number of amides is 2. The standard InChI is InChI=1S/C21H25N3O3/c1-24(2)14-13-22-21(26)19(15-16-9-11-18(27-3)12-10-16)23-20(25)17-7-5-4-6-8-17/h4-12,15H,13-14H2,1-3H3,(H,22,26)(H,23,25)/b19-15-. The Morgan fingerprint density at radius 1 is 1.04 bits per heavy atom. The van der Waals surface area contributed by atoms with Crippen LogP contribution in [0.1, 0.15) is 15.9 Å². The molecule has 0 atom stereocenters. The highest BCUT2D eigenvalue weighted by molar-refractivity contribution is 6.05. The van der Waals surface area contributed by atoms with Crippen molar-refractivity contribution in [1.82, 2.24) is 15.5 Å². The van der Waals surface area contributed by atoms with E-state index in [4.69, 9.17) is 4.74 Å². The lowest BCUT2D eigenvalue weighted by molar-refractivity contribution is -0.117. The fourth-order valence-corrected chi connectivity index (χ4v) is 2.30. The topological polar surface area (TPSA) is 70.7 Å². The van der Waals surface area contributed by atoms with Crippen molar-refractivity contribution >= 4 is 17.9 Å². The zero-order valence-electron chi connectivity index (χ0n) is 15.9. The summed E-state index contributed by atoms with van der Waals surface area (Å²) in [5, 5.41) is 5.54. The van der Waals surface area contributed by atoms with Crippen LogP contribution in [-0.2, 0) is 4.79 Å². The molecule has 27 heavy (non-hydrogen) atoms. The number of hydrogen-bond donors (Lipinski definition) is 2. The summed E-state index contributed by atoms with van der Waals surface area (Å²) in [6.07, 6.45) is 1.64. The van der Waals surface area contributed by atoms with Gasteiger partial charge < -0.3 is 20.3 Å². The molecule has 2 N–H and O–H groups in total. The average molecular weight is 367 g/mol. The van der Waals surface area contributed by atoms with Gasteiger partial charge in [-0.2, -0.15) is 0 Å². The lowest BCUT2D eigenvalue weighted by Crippen LogP contribution is -2.37. The highest BCUT2D eigenvalue weighted by Crippen LogP contribution is 2.14. The van der Waals surface area contributed by atoms with Crippen molar-refractivity contribution < 1.29 is 14.3 Å². The zero-order chi connectivity index (χ0) is 19.6. The van der Waals surface area contributed by atoms with Gasteiger partial charge in [-0.25, -0.2) is 0 Å². The minimum Gasteiger partial charge on any atom is -0.497 e. The van der Waals surface area contributed by atoms with Crippen LogP contribution in [0.3, 0.4) is 0 Å². The van der Waals surface area contributed by atoms with E-state index in [0.717, 1.165) is 11.3 Å². The third-order valence-electron chi connectivity index (χ3n) is 3.80. The first kappa shape index (κ1) is 20.2. The molecule has 2 rings (SSSR count). The molecule has 6 nitrogen and oxygen atoms in total. The molecule has 0 aliphatic rings. The number of rotatable bonds is 8. The Morgan fingerprint density at radius 3 is 2.30 bits per heavy atom. The Hall–Kier alpha value is -3.12. The van der Waals surface area contributed by atoms with Crippen molar-refractivity contribution in [1.29, 1.82) is 0 Å². The van der Waals surface area contributed by atoms with Crippen molar-refractivity contribution in [2.75, 3.05) is 34.3 Å². The molecule has 0 aliphatic heterocycles. The summed E-state index contributed by atoms with van der Waals surface area (Å²) in [5.74, 6) is 0.0486. The number of methoxy groups -OCH3 is 1. The second-order valence-electron chi connectivity index (χ2n) is 6.21. The van der Waals surface area contributed by atoms with Crippen molar-refractivity contribution in [3.63, 3.8) is 0 Å². The van der Waals surface area contributed by atoms with Crippen LogP contribution >= 0.6 is 0 Å². The molecule has 2 amide bonds.